The summed E-state index contributed by atoms with van der Waals surface area (Å²) in [6.07, 6.45) is 2.02. The quantitative estimate of drug-likeness (QED) is 0.824. The number of nitrogens with one attached hydrogen (secondary N) is 1. The smallest absolute Gasteiger partial charge is 0.154 e. The molecule has 0 saturated heterocycles. The molecule has 4 unspecified atom stereocenters. The van der Waals surface area contributed by atoms with Crippen molar-refractivity contribution in [1.82, 2.24) is 5.32 Å². The van der Waals surface area contributed by atoms with E-state index in [0.29, 0.717) is 5.92 Å². The summed E-state index contributed by atoms with van der Waals surface area (Å²) in [5.74, 6) is 1.17. The molecule has 0 spiro atoms. The fraction of sp³-hybridized carbons (Fsp3) is 1.00. The van der Waals surface area contributed by atoms with Gasteiger partial charge < -0.3 is 5.32 Å². The predicted octanol–water partition coefficient (Wildman–Crippen LogP) is 1.83. The SMILES string of the molecule is CCNC1CC(C)CC(C)C1S(=O)(=O)CC. The van der Waals surface area contributed by atoms with Gasteiger partial charge in [0.1, 0.15) is 0 Å². The van der Waals surface area contributed by atoms with E-state index < -0.39 is 9.84 Å². The number of sulfone groups is 1. The van der Waals surface area contributed by atoms with E-state index in [9.17, 15) is 8.42 Å². The molecule has 3 nitrogen and oxygen atoms in total. The lowest BCUT2D eigenvalue weighted by atomic mass is 9.80. The molecule has 0 bridgehead atoms. The Morgan fingerprint density at radius 3 is 2.31 bits per heavy atom. The Morgan fingerprint density at radius 1 is 1.19 bits per heavy atom. The fourth-order valence-corrected chi connectivity index (χ4v) is 5.00. The minimum absolute atomic E-state index is 0.147. The van der Waals surface area contributed by atoms with Crippen LogP contribution in [0.3, 0.4) is 0 Å². The molecule has 0 aromatic rings. The zero-order valence-corrected chi connectivity index (χ0v) is 11.7. The van der Waals surface area contributed by atoms with Gasteiger partial charge in [0.25, 0.3) is 0 Å². The van der Waals surface area contributed by atoms with Gasteiger partial charge in [-0.15, -0.1) is 0 Å². The molecule has 4 atom stereocenters. The molecule has 0 heterocycles. The van der Waals surface area contributed by atoms with Crippen molar-refractivity contribution in [2.45, 2.75) is 51.8 Å². The van der Waals surface area contributed by atoms with Crippen LogP contribution in [0.2, 0.25) is 0 Å². The lowest BCUT2D eigenvalue weighted by Gasteiger charge is -2.39. The van der Waals surface area contributed by atoms with Gasteiger partial charge in [0, 0.05) is 11.8 Å². The molecule has 1 aliphatic rings. The third-order valence-corrected chi connectivity index (χ3v) is 6.10. The zero-order chi connectivity index (χ0) is 12.3. The molecule has 4 heteroatoms. The maximum absolute atomic E-state index is 12.1. The fourth-order valence-electron chi connectivity index (χ4n) is 3.09. The first-order valence-corrected chi connectivity index (χ1v) is 8.08. The lowest BCUT2D eigenvalue weighted by Crippen LogP contribution is -2.52. The Hall–Kier alpha value is -0.0900. The van der Waals surface area contributed by atoms with Crippen LogP contribution >= 0.6 is 0 Å². The maximum atomic E-state index is 12.1. The lowest BCUT2D eigenvalue weighted by molar-refractivity contribution is 0.244. The van der Waals surface area contributed by atoms with Crippen molar-refractivity contribution in [2.24, 2.45) is 11.8 Å². The van der Waals surface area contributed by atoms with E-state index in [-0.39, 0.29) is 23.0 Å². The topological polar surface area (TPSA) is 46.2 Å². The summed E-state index contributed by atoms with van der Waals surface area (Å²) in [4.78, 5) is 0. The van der Waals surface area contributed by atoms with E-state index in [2.05, 4.69) is 19.2 Å². The second kappa shape index (κ2) is 5.50. The van der Waals surface area contributed by atoms with E-state index in [1.54, 1.807) is 6.92 Å². The van der Waals surface area contributed by atoms with Crippen LogP contribution in [0.5, 0.6) is 0 Å². The third-order valence-electron chi connectivity index (χ3n) is 3.67. The second-order valence-electron chi connectivity index (χ2n) is 5.13. The standard InChI is InChI=1S/C12H25NO2S/c1-5-13-11-8-9(3)7-10(4)12(11)16(14,15)6-2/h9-13H,5-8H2,1-4H3. The summed E-state index contributed by atoms with van der Waals surface area (Å²) in [7, 11) is -2.93. The molecule has 16 heavy (non-hydrogen) atoms. The van der Waals surface area contributed by atoms with Crippen LogP contribution in [0.4, 0.5) is 0 Å². The summed E-state index contributed by atoms with van der Waals surface area (Å²) in [6.45, 7) is 8.94. The van der Waals surface area contributed by atoms with Crippen LogP contribution in [0.25, 0.3) is 0 Å². The normalized spacial score (nSPS) is 36.2. The van der Waals surface area contributed by atoms with Gasteiger partial charge in [0.05, 0.1) is 5.25 Å². The number of rotatable bonds is 4. The first-order valence-electron chi connectivity index (χ1n) is 6.37. The molecule has 0 amide bonds. The molecular weight excluding hydrogens is 222 g/mol. The highest BCUT2D eigenvalue weighted by atomic mass is 32.2. The van der Waals surface area contributed by atoms with Gasteiger partial charge in [-0.3, -0.25) is 0 Å². The van der Waals surface area contributed by atoms with Crippen LogP contribution < -0.4 is 5.32 Å². The van der Waals surface area contributed by atoms with Crippen LogP contribution in [0, 0.1) is 11.8 Å². The van der Waals surface area contributed by atoms with Gasteiger partial charge in [-0.05, 0) is 31.2 Å². The van der Waals surface area contributed by atoms with E-state index in [1.165, 1.54) is 0 Å². The summed E-state index contributed by atoms with van der Waals surface area (Å²) < 4.78 is 24.2. The Kier molecular flexibility index (Phi) is 4.80. The van der Waals surface area contributed by atoms with Crippen LogP contribution in [-0.2, 0) is 9.84 Å². The third kappa shape index (κ3) is 2.98. The van der Waals surface area contributed by atoms with Gasteiger partial charge in [-0.2, -0.15) is 0 Å². The van der Waals surface area contributed by atoms with Gasteiger partial charge >= 0.3 is 0 Å². The van der Waals surface area contributed by atoms with Crippen molar-refractivity contribution in [2.75, 3.05) is 12.3 Å². The van der Waals surface area contributed by atoms with E-state index >= 15 is 0 Å². The Bertz CT molecular complexity index is 313. The Balaban J connectivity index is 2.92. The van der Waals surface area contributed by atoms with Crippen LogP contribution in [0.1, 0.15) is 40.5 Å². The molecule has 0 radical (unpaired) electrons. The minimum Gasteiger partial charge on any atom is -0.313 e. The molecule has 1 N–H and O–H groups in total. The van der Waals surface area contributed by atoms with Crippen LogP contribution in [-0.4, -0.2) is 32.0 Å². The van der Waals surface area contributed by atoms with E-state index in [1.807, 2.05) is 6.92 Å². The van der Waals surface area contributed by atoms with Crippen molar-refractivity contribution < 1.29 is 8.42 Å². The highest BCUT2D eigenvalue weighted by Crippen LogP contribution is 2.33. The Morgan fingerprint density at radius 2 is 1.81 bits per heavy atom. The number of hydrogen-bond donors (Lipinski definition) is 1. The predicted molar refractivity (Wildman–Crippen MR) is 68.3 cm³/mol. The van der Waals surface area contributed by atoms with Gasteiger partial charge in [0.2, 0.25) is 0 Å². The van der Waals surface area contributed by atoms with Crippen molar-refractivity contribution in [3.05, 3.63) is 0 Å². The second-order valence-corrected chi connectivity index (χ2v) is 7.58. The molecule has 1 saturated carbocycles. The average Bonchev–Trinajstić information content (AvgIpc) is 2.16. The largest absolute Gasteiger partial charge is 0.313 e. The monoisotopic (exact) mass is 247 g/mol. The summed E-state index contributed by atoms with van der Waals surface area (Å²) in [5.41, 5.74) is 0. The molecule has 0 aliphatic heterocycles. The highest BCUT2D eigenvalue weighted by molar-refractivity contribution is 7.92. The average molecular weight is 247 g/mol. The first kappa shape index (κ1) is 14.0. The molecule has 0 aromatic heterocycles. The molecule has 1 fully saturated rings. The highest BCUT2D eigenvalue weighted by Gasteiger charge is 2.40. The van der Waals surface area contributed by atoms with Gasteiger partial charge in [0.15, 0.2) is 9.84 Å². The van der Waals surface area contributed by atoms with Crippen molar-refractivity contribution in [3.8, 4) is 0 Å². The zero-order valence-electron chi connectivity index (χ0n) is 10.9. The molecule has 1 aliphatic carbocycles. The minimum atomic E-state index is -2.93. The van der Waals surface area contributed by atoms with Crippen molar-refractivity contribution >= 4 is 9.84 Å². The molecular formula is C12H25NO2S. The molecule has 1 rings (SSSR count). The summed E-state index contributed by atoms with van der Waals surface area (Å²) in [6, 6.07) is 0.147. The number of hydrogen-bond acceptors (Lipinski definition) is 3. The van der Waals surface area contributed by atoms with Gasteiger partial charge in [-0.1, -0.05) is 27.7 Å². The molecule has 96 valence electrons. The van der Waals surface area contributed by atoms with Gasteiger partial charge in [-0.25, -0.2) is 8.42 Å². The summed E-state index contributed by atoms with van der Waals surface area (Å²) >= 11 is 0. The summed E-state index contributed by atoms with van der Waals surface area (Å²) in [5, 5.41) is 3.17. The van der Waals surface area contributed by atoms with E-state index in [4.69, 9.17) is 0 Å². The Labute approximate surface area is 99.9 Å². The van der Waals surface area contributed by atoms with Crippen molar-refractivity contribution in [1.29, 1.82) is 0 Å². The maximum Gasteiger partial charge on any atom is 0.154 e. The van der Waals surface area contributed by atoms with Crippen LogP contribution in [0.15, 0.2) is 0 Å². The van der Waals surface area contributed by atoms with E-state index in [0.717, 1.165) is 19.4 Å². The first-order chi connectivity index (χ1) is 7.42. The van der Waals surface area contributed by atoms with Crippen molar-refractivity contribution in [3.63, 3.8) is 0 Å². The molecule has 0 aromatic carbocycles.